The van der Waals surface area contributed by atoms with Gasteiger partial charge in [-0.2, -0.15) is 0 Å². The lowest BCUT2D eigenvalue weighted by molar-refractivity contribution is 0.491. The van der Waals surface area contributed by atoms with Gasteiger partial charge in [0.05, 0.1) is 5.52 Å². The topological polar surface area (TPSA) is 22.1 Å². The number of aromatic nitrogens is 1. The summed E-state index contributed by atoms with van der Waals surface area (Å²) in [6, 6.07) is 12.2. The molecule has 1 heterocycles. The summed E-state index contributed by atoms with van der Waals surface area (Å²) < 4.78 is 6.27. The Morgan fingerprint density at radius 3 is 2.55 bits per heavy atom. The van der Waals surface area contributed by atoms with E-state index in [2.05, 4.69) is 60.0 Å². The van der Waals surface area contributed by atoms with Crippen LogP contribution in [0.3, 0.4) is 0 Å². The number of fused-ring (bicyclic) bond motifs is 1. The van der Waals surface area contributed by atoms with Gasteiger partial charge >= 0.3 is 0 Å². The smallest absolute Gasteiger partial charge is 0.247 e. The molecule has 0 aliphatic carbocycles. The van der Waals surface area contributed by atoms with Gasteiger partial charge in [-0.25, -0.2) is 4.98 Å². The maximum absolute atomic E-state index is 6.27. The molecule has 2 aromatic rings. The van der Waals surface area contributed by atoms with E-state index in [1.54, 1.807) is 0 Å². The third kappa shape index (κ3) is 3.30. The summed E-state index contributed by atoms with van der Waals surface area (Å²) in [6.45, 7) is 8.89. The Morgan fingerprint density at radius 1 is 1.20 bits per heavy atom. The molecule has 0 unspecified atom stereocenters. The molecular formula is C16H20BrNOSi. The van der Waals surface area contributed by atoms with Crippen LogP contribution in [0.25, 0.3) is 16.7 Å². The maximum atomic E-state index is 6.27. The first-order valence-electron chi connectivity index (χ1n) is 6.79. The first-order valence-corrected chi connectivity index (χ1v) is 10.7. The summed E-state index contributed by atoms with van der Waals surface area (Å²) in [5.74, 6) is 0.820. The van der Waals surface area contributed by atoms with Crippen LogP contribution in [0.15, 0.2) is 41.4 Å². The van der Waals surface area contributed by atoms with Gasteiger partial charge in [-0.1, -0.05) is 54.0 Å². The largest absolute Gasteiger partial charge is 0.542 e. The van der Waals surface area contributed by atoms with Crippen molar-refractivity contribution in [2.24, 2.45) is 0 Å². The van der Waals surface area contributed by atoms with E-state index < -0.39 is 8.32 Å². The van der Waals surface area contributed by atoms with Crippen LogP contribution in [-0.4, -0.2) is 13.3 Å². The Labute approximate surface area is 130 Å². The van der Waals surface area contributed by atoms with Crippen molar-refractivity contribution in [2.45, 2.75) is 32.5 Å². The van der Waals surface area contributed by atoms with Crippen LogP contribution in [0.1, 0.15) is 19.5 Å². The molecule has 0 radical (unpaired) electrons. The minimum Gasteiger partial charge on any atom is -0.542 e. The van der Waals surface area contributed by atoms with Crippen LogP contribution >= 0.6 is 15.9 Å². The lowest BCUT2D eigenvalue weighted by Gasteiger charge is -2.29. The highest BCUT2D eigenvalue weighted by atomic mass is 79.9. The number of rotatable bonds is 4. The lowest BCUT2D eigenvalue weighted by atomic mass is 10.2. The first-order chi connectivity index (χ1) is 9.44. The predicted molar refractivity (Wildman–Crippen MR) is 92.3 cm³/mol. The van der Waals surface area contributed by atoms with Crippen LogP contribution < -0.4 is 0 Å². The van der Waals surface area contributed by atoms with E-state index in [4.69, 9.17) is 4.43 Å². The summed E-state index contributed by atoms with van der Waals surface area (Å²) in [7, 11) is -1.75. The number of para-hydroxylation sites is 1. The summed E-state index contributed by atoms with van der Waals surface area (Å²) in [5, 5.41) is 1.14. The molecule has 4 heteroatoms. The summed E-state index contributed by atoms with van der Waals surface area (Å²) >= 11 is 3.41. The summed E-state index contributed by atoms with van der Waals surface area (Å²) in [5.41, 5.74) is 2.41. The third-order valence-electron chi connectivity index (χ3n) is 3.71. The molecule has 0 amide bonds. The molecule has 0 saturated heterocycles. The second kappa shape index (κ2) is 6.10. The fraction of sp³-hybridized carbons (Fsp3) is 0.312. The van der Waals surface area contributed by atoms with Gasteiger partial charge in [0.1, 0.15) is 11.5 Å². The molecule has 0 aliphatic rings. The van der Waals surface area contributed by atoms with Crippen molar-refractivity contribution in [2.75, 3.05) is 0 Å². The number of hydrogen-bond acceptors (Lipinski definition) is 2. The predicted octanol–water partition coefficient (Wildman–Crippen LogP) is 5.56. The van der Waals surface area contributed by atoms with E-state index in [0.29, 0.717) is 5.54 Å². The highest BCUT2D eigenvalue weighted by Gasteiger charge is 2.30. The summed E-state index contributed by atoms with van der Waals surface area (Å²) in [6.07, 6.45) is 0. The van der Waals surface area contributed by atoms with Crippen molar-refractivity contribution in [1.29, 1.82) is 0 Å². The molecule has 0 fully saturated rings. The molecule has 0 aliphatic heterocycles. The number of benzene rings is 1. The molecule has 1 aromatic heterocycles. The lowest BCUT2D eigenvalue weighted by Crippen LogP contribution is -2.33. The number of pyridine rings is 1. The van der Waals surface area contributed by atoms with E-state index in [1.165, 1.54) is 0 Å². The van der Waals surface area contributed by atoms with E-state index in [9.17, 15) is 0 Å². The van der Waals surface area contributed by atoms with E-state index in [1.807, 2.05) is 29.3 Å². The van der Waals surface area contributed by atoms with E-state index >= 15 is 0 Å². The van der Waals surface area contributed by atoms with Crippen LogP contribution in [0.5, 0.6) is 0 Å². The highest BCUT2D eigenvalue weighted by Crippen LogP contribution is 2.29. The second-order valence-corrected chi connectivity index (χ2v) is 10.7. The minimum atomic E-state index is -1.75. The average molecular weight is 350 g/mol. The van der Waals surface area contributed by atoms with Crippen molar-refractivity contribution in [3.05, 3.63) is 47.1 Å². The second-order valence-electron chi connectivity index (χ2n) is 5.72. The zero-order valence-corrected chi connectivity index (χ0v) is 14.9. The highest BCUT2D eigenvalue weighted by molar-refractivity contribution is 9.11. The fourth-order valence-electron chi connectivity index (χ4n) is 1.73. The minimum absolute atomic E-state index is 0.547. The number of nitrogens with zero attached hydrogens (tertiary/aromatic N) is 1. The molecule has 0 N–H and O–H groups in total. The number of halogens is 1. The standard InChI is InChI=1S/C16H20BrNOSi/c1-12(2)20(3,4)19-16(11-17)15-10-9-13-7-5-6-8-14(13)18-15/h5-12H,1-4H3/b16-11-. The molecular weight excluding hydrogens is 330 g/mol. The quantitative estimate of drug-likeness (QED) is 0.532. The molecule has 106 valence electrons. The molecule has 1 aromatic carbocycles. The van der Waals surface area contributed by atoms with Crippen LogP contribution in [0.2, 0.25) is 18.6 Å². The Balaban J connectivity index is 2.35. The zero-order chi connectivity index (χ0) is 14.8. The van der Waals surface area contributed by atoms with Crippen molar-refractivity contribution in [1.82, 2.24) is 4.98 Å². The maximum Gasteiger partial charge on any atom is 0.247 e. The Kier molecular flexibility index (Phi) is 4.65. The van der Waals surface area contributed by atoms with Gasteiger partial charge in [-0.3, -0.25) is 0 Å². The van der Waals surface area contributed by atoms with Crippen LogP contribution in [0, 0.1) is 0 Å². The Bertz CT molecular complexity index is 637. The van der Waals surface area contributed by atoms with Gasteiger partial charge in [-0.15, -0.1) is 0 Å². The van der Waals surface area contributed by atoms with Crippen molar-refractivity contribution >= 4 is 40.9 Å². The van der Waals surface area contributed by atoms with Gasteiger partial charge in [0, 0.05) is 10.4 Å². The van der Waals surface area contributed by atoms with E-state index in [-0.39, 0.29) is 0 Å². The molecule has 20 heavy (non-hydrogen) atoms. The third-order valence-corrected chi connectivity index (χ3v) is 7.66. The van der Waals surface area contributed by atoms with Gasteiger partial charge in [0.2, 0.25) is 8.32 Å². The van der Waals surface area contributed by atoms with Gasteiger partial charge in [0.15, 0.2) is 0 Å². The van der Waals surface area contributed by atoms with Crippen LogP contribution in [0.4, 0.5) is 0 Å². The average Bonchev–Trinajstić information content (AvgIpc) is 2.44. The van der Waals surface area contributed by atoms with Gasteiger partial charge in [0.25, 0.3) is 0 Å². The number of hydrogen-bond donors (Lipinski definition) is 0. The van der Waals surface area contributed by atoms with Crippen molar-refractivity contribution < 1.29 is 4.43 Å². The van der Waals surface area contributed by atoms with Crippen molar-refractivity contribution in [3.8, 4) is 0 Å². The van der Waals surface area contributed by atoms with Crippen LogP contribution in [-0.2, 0) is 4.43 Å². The van der Waals surface area contributed by atoms with Crippen molar-refractivity contribution in [3.63, 3.8) is 0 Å². The zero-order valence-electron chi connectivity index (χ0n) is 12.4. The van der Waals surface area contributed by atoms with E-state index in [0.717, 1.165) is 22.4 Å². The molecule has 0 atom stereocenters. The first kappa shape index (κ1) is 15.3. The normalized spacial score (nSPS) is 13.0. The molecule has 2 rings (SSSR count). The van der Waals surface area contributed by atoms with Gasteiger partial charge in [-0.05, 0) is 30.8 Å². The Hall–Kier alpha value is -1.13. The summed E-state index contributed by atoms with van der Waals surface area (Å²) in [4.78, 5) is 6.52. The monoisotopic (exact) mass is 349 g/mol. The van der Waals surface area contributed by atoms with Gasteiger partial charge < -0.3 is 4.43 Å². The SMILES string of the molecule is CC(C)[Si](C)(C)O/C(=C\Br)c1ccc2ccccc2n1. The molecule has 0 bridgehead atoms. The molecule has 0 saturated carbocycles. The fourth-order valence-corrected chi connectivity index (χ4v) is 3.20. The Morgan fingerprint density at radius 2 is 1.90 bits per heavy atom. The molecule has 2 nitrogen and oxygen atoms in total. The molecule has 0 spiro atoms.